The molecule has 1 aliphatic rings. The molecule has 5 aromatic rings. The molecule has 0 spiro atoms. The zero-order chi connectivity index (χ0) is 28.3. The maximum atomic E-state index is 11.6. The van der Waals surface area contributed by atoms with Crippen LogP contribution < -0.4 is 4.74 Å². The Morgan fingerprint density at radius 1 is 1.00 bits per heavy atom. The third-order valence-electron chi connectivity index (χ3n) is 7.05. The molecule has 0 unspecified atom stereocenters. The lowest BCUT2D eigenvalue weighted by Crippen LogP contribution is -2.06. The van der Waals surface area contributed by atoms with Crippen molar-refractivity contribution in [2.24, 2.45) is 5.92 Å². The minimum atomic E-state index is -2.66. The van der Waals surface area contributed by atoms with E-state index in [4.69, 9.17) is 9.84 Å². The summed E-state index contributed by atoms with van der Waals surface area (Å²) in [7, 11) is -2.66. The van der Waals surface area contributed by atoms with Crippen LogP contribution in [0.4, 0.5) is 0 Å². The first-order valence-corrected chi connectivity index (χ1v) is 15.3. The number of aromatic carboxylic acids is 1. The maximum absolute atomic E-state index is 11.6. The molecule has 2 heterocycles. The molecule has 3 aromatic carbocycles. The zero-order valence-electron chi connectivity index (χ0n) is 22.0. The van der Waals surface area contributed by atoms with Crippen molar-refractivity contribution in [1.29, 1.82) is 0 Å². The molecule has 0 atom stereocenters. The van der Waals surface area contributed by atoms with Crippen molar-refractivity contribution < 1.29 is 23.1 Å². The van der Waals surface area contributed by atoms with Crippen molar-refractivity contribution in [1.82, 2.24) is 14.8 Å². The van der Waals surface area contributed by atoms with Crippen molar-refractivity contribution in [3.8, 4) is 22.1 Å². The number of ether oxygens (including phenoxy) is 1. The number of hydrogen-bond acceptors (Lipinski definition) is 7. The van der Waals surface area contributed by atoms with Crippen LogP contribution in [0.15, 0.2) is 89.1 Å². The summed E-state index contributed by atoms with van der Waals surface area (Å²) in [5, 5.41) is 16.5. The van der Waals surface area contributed by atoms with E-state index in [0.29, 0.717) is 29.8 Å². The Bertz CT molecular complexity index is 1760. The molecule has 0 amide bonds. The summed E-state index contributed by atoms with van der Waals surface area (Å²) in [4.78, 5) is 16.2. The highest BCUT2D eigenvalue weighted by atomic mass is 32.2. The Labute approximate surface area is 242 Å². The normalized spacial score (nSPS) is 13.0. The van der Waals surface area contributed by atoms with Crippen LogP contribution in [0.5, 0.6) is 5.75 Å². The molecule has 1 aliphatic carbocycles. The molecule has 1 fully saturated rings. The molecule has 208 valence electrons. The molecule has 10 heteroatoms. The first-order chi connectivity index (χ1) is 19.9. The van der Waals surface area contributed by atoms with Gasteiger partial charge in [0.2, 0.25) is 5.13 Å². The van der Waals surface area contributed by atoms with Crippen molar-refractivity contribution in [3.05, 3.63) is 112 Å². The van der Waals surface area contributed by atoms with Crippen LogP contribution in [0.25, 0.3) is 16.4 Å². The van der Waals surface area contributed by atoms with E-state index in [1.54, 1.807) is 16.8 Å². The monoisotopic (exact) mass is 585 g/mol. The molecule has 41 heavy (non-hydrogen) atoms. The van der Waals surface area contributed by atoms with E-state index >= 15 is 0 Å². The van der Waals surface area contributed by atoms with E-state index in [1.807, 2.05) is 66.7 Å². The van der Waals surface area contributed by atoms with Gasteiger partial charge in [-0.15, -0.1) is 11.3 Å². The van der Waals surface area contributed by atoms with Gasteiger partial charge in [0, 0.05) is 22.9 Å². The van der Waals surface area contributed by atoms with Crippen LogP contribution in [0.3, 0.4) is 0 Å². The van der Waals surface area contributed by atoms with Crippen molar-refractivity contribution >= 4 is 28.0 Å². The molecular weight excluding hydrogens is 558 g/mol. The fraction of sp³-hybridized carbons (Fsp3) is 0.194. The number of hydrogen-bond donors (Lipinski definition) is 2. The lowest BCUT2D eigenvalue weighted by Gasteiger charge is -2.10. The van der Waals surface area contributed by atoms with Crippen LogP contribution in [0.2, 0.25) is 0 Å². The van der Waals surface area contributed by atoms with Gasteiger partial charge in [-0.25, -0.2) is 22.9 Å². The molecule has 0 saturated heterocycles. The highest BCUT2D eigenvalue weighted by Gasteiger charge is 2.29. The summed E-state index contributed by atoms with van der Waals surface area (Å²) >= 11 is 1.25. The fourth-order valence-electron chi connectivity index (χ4n) is 4.74. The summed E-state index contributed by atoms with van der Waals surface area (Å²) < 4.78 is 30.8. The first kappa shape index (κ1) is 26.9. The average Bonchev–Trinajstić information content (AvgIpc) is 3.54. The van der Waals surface area contributed by atoms with Crippen LogP contribution in [0, 0.1) is 5.92 Å². The summed E-state index contributed by atoms with van der Waals surface area (Å²) in [5.41, 5.74) is 5.63. The van der Waals surface area contributed by atoms with Gasteiger partial charge >= 0.3 is 5.97 Å². The van der Waals surface area contributed by atoms with Gasteiger partial charge in [-0.1, -0.05) is 54.6 Å². The van der Waals surface area contributed by atoms with Gasteiger partial charge in [0.05, 0.1) is 16.3 Å². The van der Waals surface area contributed by atoms with Gasteiger partial charge in [0.1, 0.15) is 12.4 Å². The zero-order valence-corrected chi connectivity index (χ0v) is 23.7. The number of nitrogens with zero attached hydrogens (tertiary/aromatic N) is 3. The van der Waals surface area contributed by atoms with Crippen LogP contribution >= 0.6 is 11.3 Å². The first-order valence-electron chi connectivity index (χ1n) is 13.2. The predicted molar refractivity (Wildman–Crippen MR) is 157 cm³/mol. The number of carboxylic acid groups (broad SMARTS) is 1. The second-order valence-electron chi connectivity index (χ2n) is 10.1. The highest BCUT2D eigenvalue weighted by Crippen LogP contribution is 2.38. The van der Waals surface area contributed by atoms with Crippen molar-refractivity contribution in [3.63, 3.8) is 0 Å². The summed E-state index contributed by atoms with van der Waals surface area (Å²) in [6.07, 6.45) is 3.58. The predicted octanol–water partition coefficient (Wildman–Crippen LogP) is 5.79. The smallest absolute Gasteiger partial charge is 0.355 e. The van der Waals surface area contributed by atoms with Crippen LogP contribution in [-0.2, 0) is 30.2 Å². The van der Waals surface area contributed by atoms with Gasteiger partial charge in [-0.05, 0) is 60.6 Å². The fourth-order valence-corrected chi connectivity index (χ4v) is 5.90. The van der Waals surface area contributed by atoms with E-state index < -0.39 is 16.7 Å². The van der Waals surface area contributed by atoms with Crippen LogP contribution in [-0.4, -0.2) is 34.3 Å². The van der Waals surface area contributed by atoms with E-state index in [-0.39, 0.29) is 10.6 Å². The molecule has 6 rings (SSSR count). The number of thiazole rings is 1. The van der Waals surface area contributed by atoms with Gasteiger partial charge in [0.25, 0.3) is 0 Å². The third-order valence-corrected chi connectivity index (χ3v) is 8.58. The Morgan fingerprint density at radius 3 is 2.46 bits per heavy atom. The minimum absolute atomic E-state index is 0.0143. The lowest BCUT2D eigenvalue weighted by molar-refractivity contribution is 0.0691. The second-order valence-corrected chi connectivity index (χ2v) is 11.9. The van der Waals surface area contributed by atoms with Crippen LogP contribution in [0.1, 0.15) is 45.7 Å². The SMILES string of the molecule is O=C(O)c1csc(-n2nc(-c3cccc(OCc4ccccc4)c3)c(Cc3ccc([SH](=O)=O)cc3)c2CC2CC2)n1. The summed E-state index contributed by atoms with van der Waals surface area (Å²) in [5.74, 6) is 0.161. The van der Waals surface area contributed by atoms with Gasteiger partial charge in [-0.2, -0.15) is 5.10 Å². The standard InChI is InChI=1S/C31H27N3O5S2/c35-30(36)27-19-40-31(32-27)34-28(16-21-9-10-21)26(15-20-11-13-25(14-12-20)41(37)38)29(33-34)23-7-4-8-24(17-23)39-18-22-5-2-1-3-6-22/h1-8,11-14,17,19,21,41H,9-10,15-16,18H2,(H,35,36). The largest absolute Gasteiger partial charge is 0.489 e. The Morgan fingerprint density at radius 2 is 1.78 bits per heavy atom. The van der Waals surface area contributed by atoms with E-state index in [2.05, 4.69) is 4.98 Å². The van der Waals surface area contributed by atoms with Gasteiger partial charge in [-0.3, -0.25) is 0 Å². The maximum Gasteiger partial charge on any atom is 0.355 e. The van der Waals surface area contributed by atoms with Gasteiger partial charge < -0.3 is 9.84 Å². The number of aromatic nitrogens is 3. The number of benzene rings is 3. The van der Waals surface area contributed by atoms with Crippen molar-refractivity contribution in [2.45, 2.75) is 37.2 Å². The number of rotatable bonds is 11. The molecule has 0 aliphatic heterocycles. The molecule has 0 radical (unpaired) electrons. The Hall–Kier alpha value is -4.28. The Balaban J connectivity index is 1.43. The Kier molecular flexibility index (Phi) is 7.67. The highest BCUT2D eigenvalue weighted by molar-refractivity contribution is 7.72. The molecule has 1 saturated carbocycles. The number of carboxylic acids is 1. The van der Waals surface area contributed by atoms with E-state index in [9.17, 15) is 18.3 Å². The van der Waals surface area contributed by atoms with E-state index in [1.165, 1.54) is 16.7 Å². The third kappa shape index (κ3) is 6.23. The quantitative estimate of drug-likeness (QED) is 0.189. The lowest BCUT2D eigenvalue weighted by atomic mass is 9.97. The summed E-state index contributed by atoms with van der Waals surface area (Å²) in [6, 6.07) is 24.6. The van der Waals surface area contributed by atoms with Gasteiger partial charge in [0.15, 0.2) is 16.4 Å². The molecular formula is C31H27N3O5S2. The molecule has 1 N–H and O–H groups in total. The number of carbonyl (C=O) groups is 1. The molecule has 8 nitrogen and oxygen atoms in total. The topological polar surface area (TPSA) is 111 Å². The average molecular weight is 586 g/mol. The summed E-state index contributed by atoms with van der Waals surface area (Å²) in [6.45, 7) is 0.434. The number of thiol groups is 1. The molecule has 2 aromatic heterocycles. The van der Waals surface area contributed by atoms with E-state index in [0.717, 1.165) is 52.9 Å². The van der Waals surface area contributed by atoms with Crippen molar-refractivity contribution in [2.75, 3.05) is 0 Å². The minimum Gasteiger partial charge on any atom is -0.489 e. The molecule has 0 bridgehead atoms. The second kappa shape index (κ2) is 11.7.